The van der Waals surface area contributed by atoms with Gasteiger partial charge >= 0.3 is 0 Å². The van der Waals surface area contributed by atoms with Gasteiger partial charge in [-0.05, 0) is 13.1 Å². The summed E-state index contributed by atoms with van der Waals surface area (Å²) in [5.74, 6) is 0. The van der Waals surface area contributed by atoms with E-state index in [1.54, 1.807) is 13.1 Å². The first kappa shape index (κ1) is 25.2. The number of aliphatic hydroxyl groups is 3. The molecule has 1 rings (SSSR count). The quantitative estimate of drug-likeness (QED) is 0.358. The van der Waals surface area contributed by atoms with Crippen molar-refractivity contribution >= 4 is 13.6 Å². The van der Waals surface area contributed by atoms with Gasteiger partial charge in [0.2, 0.25) is 8.41 Å². The van der Waals surface area contributed by atoms with E-state index in [-0.39, 0.29) is 25.8 Å². The van der Waals surface area contributed by atoms with E-state index in [9.17, 15) is 4.11 Å². The van der Waals surface area contributed by atoms with Crippen molar-refractivity contribution in [1.82, 2.24) is 0 Å². The minimum Gasteiger partial charge on any atom is -0.400 e. The number of hydrogen-bond acceptors (Lipinski definition) is 3. The van der Waals surface area contributed by atoms with Gasteiger partial charge in [0.1, 0.15) is 0 Å². The minimum absolute atomic E-state index is 0. The Bertz CT molecular complexity index is 188. The Hall–Kier alpha value is 0.247. The number of hydrogen-bond donors (Lipinski definition) is 3. The molecule has 0 saturated carbocycles. The van der Waals surface area contributed by atoms with Crippen molar-refractivity contribution in [3.05, 3.63) is 24.3 Å². The van der Waals surface area contributed by atoms with E-state index in [4.69, 9.17) is 15.3 Å². The smallest absolute Gasteiger partial charge is 0.214 e. The maximum atomic E-state index is 13.1. The predicted octanol–water partition coefficient (Wildman–Crippen LogP) is 0.610. The Balaban J connectivity index is -0.0000000900. The zero-order valence-electron chi connectivity index (χ0n) is 10.5. The van der Waals surface area contributed by atoms with Gasteiger partial charge in [-0.15, -0.1) is 5.19 Å². The van der Waals surface area contributed by atoms with E-state index in [0.29, 0.717) is 0 Å². The molecule has 0 heterocycles. The molecule has 0 fully saturated rings. The summed E-state index contributed by atoms with van der Waals surface area (Å²) in [6.45, 7) is 3.39. The molecule has 3 nitrogen and oxygen atoms in total. The van der Waals surface area contributed by atoms with Crippen molar-refractivity contribution < 1.29 is 45.3 Å². The minimum atomic E-state index is -2.48. The van der Waals surface area contributed by atoms with E-state index in [1.807, 2.05) is 24.3 Å². The topological polar surface area (TPSA) is 60.7 Å². The van der Waals surface area contributed by atoms with E-state index in [1.165, 1.54) is 0 Å². The second kappa shape index (κ2) is 17.6. The molecule has 0 aromatic heterocycles. The molecule has 0 aliphatic carbocycles. The zero-order chi connectivity index (χ0) is 12.9. The Morgan fingerprint density at radius 1 is 0.875 bits per heavy atom. The van der Waals surface area contributed by atoms with Crippen LogP contribution in [0.1, 0.15) is 0 Å². The summed E-state index contributed by atoms with van der Waals surface area (Å²) in [6.07, 6.45) is 0. The summed E-state index contributed by atoms with van der Waals surface area (Å²) in [5, 5.41) is 21.9. The van der Waals surface area contributed by atoms with Crippen LogP contribution >= 0.6 is 0 Å². The molecule has 0 spiro atoms. The fourth-order valence-corrected chi connectivity index (χ4v) is 1.76. The molecule has 1 aromatic rings. The Kier molecular flexibility index (Phi) is 27.8. The van der Waals surface area contributed by atoms with E-state index in [2.05, 4.69) is 0 Å². The van der Waals surface area contributed by atoms with Crippen molar-refractivity contribution in [3.63, 3.8) is 0 Å². The van der Waals surface area contributed by atoms with Crippen LogP contribution < -0.4 is 5.19 Å². The molecule has 0 amide bonds. The molecule has 0 radical (unpaired) electrons. The molecule has 0 aliphatic rings. The standard InChI is InChI=1S/C7H10FSi.3CH4O.Hf/c1-9(2,8)7-5-3-4-6-7;3*1-2;/h3-6H,1-2H3;3*2H,1H3;/q-1;;;;. The van der Waals surface area contributed by atoms with Crippen LogP contribution in [0.2, 0.25) is 13.1 Å². The maximum absolute atomic E-state index is 13.1. The average Bonchev–Trinajstić information content (AvgIpc) is 2.79. The van der Waals surface area contributed by atoms with Gasteiger partial charge < -0.3 is 19.4 Å². The van der Waals surface area contributed by atoms with E-state index < -0.39 is 8.41 Å². The van der Waals surface area contributed by atoms with Gasteiger partial charge in [0, 0.05) is 47.2 Å². The maximum Gasteiger partial charge on any atom is 0.214 e. The van der Waals surface area contributed by atoms with E-state index in [0.717, 1.165) is 26.5 Å². The number of aliphatic hydroxyl groups excluding tert-OH is 3. The molecular formula is C10H22FHfO3Si-. The summed E-state index contributed by atoms with van der Waals surface area (Å²) < 4.78 is 13.1. The molecule has 0 saturated heterocycles. The first-order chi connectivity index (χ1) is 7.11. The fraction of sp³-hybridized carbons (Fsp3) is 0.500. The van der Waals surface area contributed by atoms with Crippen LogP contribution in [-0.2, 0) is 25.8 Å². The zero-order valence-corrected chi connectivity index (χ0v) is 15.1. The Morgan fingerprint density at radius 3 is 1.25 bits per heavy atom. The largest absolute Gasteiger partial charge is 0.400 e. The van der Waals surface area contributed by atoms with Crippen molar-refractivity contribution in [1.29, 1.82) is 0 Å². The molecule has 0 unspecified atom stereocenters. The fourth-order valence-electron chi connectivity index (χ4n) is 0.770. The monoisotopic (exact) mass is 417 g/mol. The third kappa shape index (κ3) is 14.2. The van der Waals surface area contributed by atoms with Crippen molar-refractivity contribution in [2.24, 2.45) is 0 Å². The number of rotatable bonds is 1. The normalized spacial score (nSPS) is 7.81. The van der Waals surface area contributed by atoms with Gasteiger partial charge in [0.25, 0.3) is 0 Å². The second-order valence-electron chi connectivity index (χ2n) is 2.65. The van der Waals surface area contributed by atoms with Crippen molar-refractivity contribution in [3.8, 4) is 0 Å². The van der Waals surface area contributed by atoms with Gasteiger partial charge in [-0.3, -0.25) is 0 Å². The van der Waals surface area contributed by atoms with Crippen LogP contribution in [0.15, 0.2) is 24.3 Å². The Labute approximate surface area is 117 Å². The van der Waals surface area contributed by atoms with Crippen LogP contribution in [0, 0.1) is 0 Å². The summed E-state index contributed by atoms with van der Waals surface area (Å²) >= 11 is 0. The van der Waals surface area contributed by atoms with Gasteiger partial charge in [-0.1, -0.05) is 0 Å². The molecular weight excluding hydrogens is 394 g/mol. The molecule has 96 valence electrons. The van der Waals surface area contributed by atoms with Crippen LogP contribution in [0.3, 0.4) is 0 Å². The van der Waals surface area contributed by atoms with Crippen LogP contribution in [0.5, 0.6) is 0 Å². The van der Waals surface area contributed by atoms with Crippen LogP contribution in [0.25, 0.3) is 0 Å². The Morgan fingerprint density at radius 2 is 1.12 bits per heavy atom. The molecule has 16 heavy (non-hydrogen) atoms. The third-order valence-corrected chi connectivity index (χ3v) is 3.06. The molecule has 0 atom stereocenters. The first-order valence-electron chi connectivity index (χ1n) is 4.36. The van der Waals surface area contributed by atoms with Gasteiger partial charge in [0.15, 0.2) is 0 Å². The number of halogens is 1. The average molecular weight is 416 g/mol. The SMILES string of the molecule is CO.CO.CO.C[Si](C)(F)[c-]1cccc1.[Hf]. The summed E-state index contributed by atoms with van der Waals surface area (Å²) in [7, 11) is 0.519. The van der Waals surface area contributed by atoms with Gasteiger partial charge in [-0.2, -0.15) is 12.1 Å². The van der Waals surface area contributed by atoms with E-state index >= 15 is 0 Å². The summed E-state index contributed by atoms with van der Waals surface area (Å²) in [6, 6.07) is 7.46. The molecule has 0 bridgehead atoms. The predicted molar refractivity (Wildman–Crippen MR) is 64.7 cm³/mol. The van der Waals surface area contributed by atoms with Crippen LogP contribution in [-0.4, -0.2) is 45.1 Å². The van der Waals surface area contributed by atoms with Gasteiger partial charge in [-0.25, -0.2) is 12.1 Å². The molecule has 0 aliphatic heterocycles. The third-order valence-electron chi connectivity index (χ3n) is 1.35. The van der Waals surface area contributed by atoms with Crippen LogP contribution in [0.4, 0.5) is 4.11 Å². The van der Waals surface area contributed by atoms with Gasteiger partial charge in [0.05, 0.1) is 0 Å². The molecule has 1 aromatic carbocycles. The van der Waals surface area contributed by atoms with Crippen molar-refractivity contribution in [2.75, 3.05) is 21.3 Å². The van der Waals surface area contributed by atoms with Crippen molar-refractivity contribution in [2.45, 2.75) is 13.1 Å². The summed E-state index contributed by atoms with van der Waals surface area (Å²) in [5.41, 5.74) is 0. The molecule has 3 N–H and O–H groups in total. The molecule has 6 heteroatoms. The summed E-state index contributed by atoms with van der Waals surface area (Å²) in [4.78, 5) is 0. The second-order valence-corrected chi connectivity index (χ2v) is 6.17. The first-order valence-corrected chi connectivity index (χ1v) is 7.24.